The van der Waals surface area contributed by atoms with Crippen LogP contribution in [0.2, 0.25) is 0 Å². The maximum Gasteiger partial charge on any atom is 0.272 e. The highest BCUT2D eigenvalue weighted by Crippen LogP contribution is 2.41. The van der Waals surface area contributed by atoms with E-state index in [0.717, 1.165) is 53.0 Å². The predicted molar refractivity (Wildman–Crippen MR) is 125 cm³/mol. The van der Waals surface area contributed by atoms with Crippen LogP contribution in [0.25, 0.3) is 10.9 Å². The topological polar surface area (TPSA) is 56.0 Å². The summed E-state index contributed by atoms with van der Waals surface area (Å²) < 4.78 is 14.7. The lowest BCUT2D eigenvalue weighted by molar-refractivity contribution is -0.385. The first-order chi connectivity index (χ1) is 14.9. The van der Waals surface area contributed by atoms with Crippen LogP contribution in [0.15, 0.2) is 53.1 Å². The Bertz CT molecular complexity index is 1100. The smallest absolute Gasteiger partial charge is 0.258 e. The minimum Gasteiger partial charge on any atom is -0.258 e. The Morgan fingerprint density at radius 2 is 1.94 bits per heavy atom. The molecular weight excluding hydrogens is 459 g/mol. The number of nitrogens with zero attached hydrogens (tertiary/aromatic N) is 2. The Morgan fingerprint density at radius 1 is 1.16 bits per heavy atom. The van der Waals surface area contributed by atoms with Crippen molar-refractivity contribution in [1.29, 1.82) is 0 Å². The van der Waals surface area contributed by atoms with Crippen molar-refractivity contribution >= 4 is 32.5 Å². The largest absolute Gasteiger partial charge is 0.272 e. The van der Waals surface area contributed by atoms with Crippen molar-refractivity contribution < 1.29 is 9.31 Å². The first-order valence-corrected chi connectivity index (χ1v) is 11.7. The van der Waals surface area contributed by atoms with E-state index < -0.39 is 0 Å². The van der Waals surface area contributed by atoms with Gasteiger partial charge < -0.3 is 0 Å². The molecule has 162 valence electrons. The summed E-state index contributed by atoms with van der Waals surface area (Å²) in [6.45, 7) is 2.27. The summed E-state index contributed by atoms with van der Waals surface area (Å²) in [5.41, 5.74) is 3.06. The number of hydrogen-bond acceptors (Lipinski definition) is 3. The second kappa shape index (κ2) is 9.43. The SMILES string of the molecule is C[C@@H](CCc1cc(Br)ccc1[N+](=O)[O-])C1CCC(c2ccnc3ccc(F)cc23)CC1. The van der Waals surface area contributed by atoms with Crippen LogP contribution in [-0.4, -0.2) is 9.91 Å². The molecule has 4 nitrogen and oxygen atoms in total. The van der Waals surface area contributed by atoms with Gasteiger partial charge in [-0.15, -0.1) is 0 Å². The number of halogens is 2. The molecule has 1 heterocycles. The van der Waals surface area contributed by atoms with Crippen molar-refractivity contribution in [2.75, 3.05) is 0 Å². The zero-order chi connectivity index (χ0) is 22.0. The average Bonchev–Trinajstić information content (AvgIpc) is 2.77. The van der Waals surface area contributed by atoms with Gasteiger partial charge in [0.2, 0.25) is 0 Å². The van der Waals surface area contributed by atoms with Gasteiger partial charge in [0.1, 0.15) is 5.82 Å². The van der Waals surface area contributed by atoms with Crippen LogP contribution in [-0.2, 0) is 6.42 Å². The zero-order valence-electron chi connectivity index (χ0n) is 17.6. The van der Waals surface area contributed by atoms with Gasteiger partial charge in [0.05, 0.1) is 10.4 Å². The summed E-state index contributed by atoms with van der Waals surface area (Å²) in [7, 11) is 0. The standard InChI is InChI=1S/C25H26BrFN2O2/c1-16(2-3-19-14-20(26)8-11-25(19)29(30)31)17-4-6-18(7-5-17)22-12-13-28-24-10-9-21(27)15-23(22)24/h8-18H,2-7H2,1H3/t16-,17?,18?/m0/s1. The fraction of sp³-hybridized carbons (Fsp3) is 0.400. The molecule has 0 saturated heterocycles. The van der Waals surface area contributed by atoms with Crippen LogP contribution < -0.4 is 0 Å². The lowest BCUT2D eigenvalue weighted by atomic mass is 9.72. The minimum atomic E-state index is -0.292. The highest BCUT2D eigenvalue weighted by molar-refractivity contribution is 9.10. The molecule has 31 heavy (non-hydrogen) atoms. The van der Waals surface area contributed by atoms with Gasteiger partial charge in [-0.2, -0.15) is 0 Å². The van der Waals surface area contributed by atoms with Crippen LogP contribution >= 0.6 is 15.9 Å². The molecule has 3 aromatic rings. The van der Waals surface area contributed by atoms with Crippen LogP contribution in [0.4, 0.5) is 10.1 Å². The van der Waals surface area contributed by atoms with E-state index in [-0.39, 0.29) is 16.4 Å². The number of aromatic nitrogens is 1. The van der Waals surface area contributed by atoms with E-state index in [9.17, 15) is 14.5 Å². The van der Waals surface area contributed by atoms with Gasteiger partial charge >= 0.3 is 0 Å². The van der Waals surface area contributed by atoms with E-state index in [0.29, 0.717) is 24.2 Å². The second-order valence-electron chi connectivity index (χ2n) is 8.72. The molecule has 0 unspecified atom stereocenters. The molecule has 1 saturated carbocycles. The molecule has 0 spiro atoms. The number of nitro benzene ring substituents is 1. The third kappa shape index (κ3) is 4.95. The van der Waals surface area contributed by atoms with Crippen molar-refractivity contribution in [2.45, 2.75) is 51.4 Å². The molecule has 0 radical (unpaired) electrons. The first-order valence-electron chi connectivity index (χ1n) is 10.9. The van der Waals surface area contributed by atoms with Crippen molar-refractivity contribution in [3.8, 4) is 0 Å². The summed E-state index contributed by atoms with van der Waals surface area (Å²) in [5.74, 6) is 1.34. The quantitative estimate of drug-likeness (QED) is 0.267. The Morgan fingerprint density at radius 3 is 2.68 bits per heavy atom. The van der Waals surface area contributed by atoms with Gasteiger partial charge in [0.25, 0.3) is 5.69 Å². The third-order valence-corrected chi connectivity index (χ3v) is 7.35. The summed E-state index contributed by atoms with van der Waals surface area (Å²) in [5, 5.41) is 12.3. The van der Waals surface area contributed by atoms with Crippen LogP contribution in [0.3, 0.4) is 0 Å². The number of benzene rings is 2. The van der Waals surface area contributed by atoms with Gasteiger partial charge in [0.15, 0.2) is 0 Å². The average molecular weight is 485 g/mol. The van der Waals surface area contributed by atoms with Crippen LogP contribution in [0.1, 0.15) is 56.1 Å². The lowest BCUT2D eigenvalue weighted by Gasteiger charge is -2.33. The number of rotatable bonds is 6. The Labute approximate surface area is 190 Å². The molecule has 4 rings (SSSR count). The summed E-state index contributed by atoms with van der Waals surface area (Å²) in [6, 6.07) is 12.0. The molecule has 1 atom stereocenters. The lowest BCUT2D eigenvalue weighted by Crippen LogP contribution is -2.20. The van der Waals surface area contributed by atoms with Crippen molar-refractivity contribution in [3.05, 3.63) is 80.2 Å². The number of aryl methyl sites for hydroxylation is 1. The zero-order valence-corrected chi connectivity index (χ0v) is 19.1. The molecule has 1 aliphatic rings. The van der Waals surface area contributed by atoms with Gasteiger partial charge in [-0.25, -0.2) is 4.39 Å². The van der Waals surface area contributed by atoms with Crippen molar-refractivity contribution in [1.82, 2.24) is 4.98 Å². The first kappa shape index (κ1) is 21.9. The van der Waals surface area contributed by atoms with Crippen molar-refractivity contribution in [2.24, 2.45) is 11.8 Å². The highest BCUT2D eigenvalue weighted by atomic mass is 79.9. The van der Waals surface area contributed by atoms with Crippen LogP contribution in [0.5, 0.6) is 0 Å². The van der Waals surface area contributed by atoms with E-state index >= 15 is 0 Å². The number of hydrogen-bond donors (Lipinski definition) is 0. The number of nitro groups is 1. The molecule has 1 aromatic heterocycles. The fourth-order valence-corrected chi connectivity index (χ4v) is 5.45. The molecule has 0 aliphatic heterocycles. The predicted octanol–water partition coefficient (Wildman–Crippen LogP) is 7.59. The van der Waals surface area contributed by atoms with E-state index in [4.69, 9.17) is 0 Å². The Kier molecular flexibility index (Phi) is 6.65. The number of pyridine rings is 1. The maximum atomic E-state index is 13.8. The molecule has 2 aromatic carbocycles. The van der Waals surface area contributed by atoms with Gasteiger partial charge in [-0.1, -0.05) is 22.9 Å². The summed E-state index contributed by atoms with van der Waals surface area (Å²) >= 11 is 3.43. The van der Waals surface area contributed by atoms with Gasteiger partial charge in [-0.3, -0.25) is 15.1 Å². The van der Waals surface area contributed by atoms with Gasteiger partial charge in [0, 0.05) is 27.7 Å². The van der Waals surface area contributed by atoms with Gasteiger partial charge in [-0.05, 0) is 98.2 Å². The maximum absolute atomic E-state index is 13.8. The highest BCUT2D eigenvalue weighted by Gasteiger charge is 2.27. The molecule has 1 aliphatic carbocycles. The normalized spacial score (nSPS) is 20.0. The summed E-state index contributed by atoms with van der Waals surface area (Å²) in [4.78, 5) is 15.4. The third-order valence-electron chi connectivity index (χ3n) is 6.86. The van der Waals surface area contributed by atoms with Crippen molar-refractivity contribution in [3.63, 3.8) is 0 Å². The van der Waals surface area contributed by atoms with E-state index in [2.05, 4.69) is 27.8 Å². The molecular formula is C25H26BrFN2O2. The molecule has 1 fully saturated rings. The Balaban J connectivity index is 1.39. The second-order valence-corrected chi connectivity index (χ2v) is 9.64. The van der Waals surface area contributed by atoms with E-state index in [1.165, 1.54) is 11.6 Å². The monoisotopic (exact) mass is 484 g/mol. The van der Waals surface area contributed by atoms with Crippen LogP contribution in [0, 0.1) is 27.8 Å². The minimum absolute atomic E-state index is 0.205. The fourth-order valence-electron chi connectivity index (χ4n) is 5.05. The molecule has 0 bridgehead atoms. The molecule has 6 heteroatoms. The summed E-state index contributed by atoms with van der Waals surface area (Å²) in [6.07, 6.45) is 7.91. The molecule has 0 amide bonds. The number of fused-ring (bicyclic) bond motifs is 1. The molecule has 0 N–H and O–H groups in total. The van der Waals surface area contributed by atoms with E-state index in [1.54, 1.807) is 24.3 Å². The van der Waals surface area contributed by atoms with E-state index in [1.807, 2.05) is 18.3 Å². The Hall–Kier alpha value is -2.34.